The summed E-state index contributed by atoms with van der Waals surface area (Å²) in [7, 11) is 0. The highest BCUT2D eigenvalue weighted by Gasteiger charge is 2.50. The van der Waals surface area contributed by atoms with Crippen molar-refractivity contribution >= 4 is 5.78 Å². The molecule has 0 aromatic rings. The standard InChI is InChI=1S/C13H20O/c1-4-13-8-7-12(14)10(3)11(13)6-5-9(13)2/h9,11H,3-8H2,1-2H3. The number of hydrogen-bond donors (Lipinski definition) is 0. The maximum atomic E-state index is 11.6. The first-order valence-electron chi connectivity index (χ1n) is 5.84. The van der Waals surface area contributed by atoms with Gasteiger partial charge in [0.15, 0.2) is 5.78 Å². The van der Waals surface area contributed by atoms with Gasteiger partial charge in [-0.2, -0.15) is 0 Å². The molecule has 2 fully saturated rings. The summed E-state index contributed by atoms with van der Waals surface area (Å²) in [5.74, 6) is 1.61. The second-order valence-corrected chi connectivity index (χ2v) is 5.07. The lowest BCUT2D eigenvalue weighted by Crippen LogP contribution is -2.37. The normalized spacial score (nSPS) is 42.7. The number of hydrogen-bond acceptors (Lipinski definition) is 1. The van der Waals surface area contributed by atoms with Gasteiger partial charge in [0.25, 0.3) is 0 Å². The molecular weight excluding hydrogens is 172 g/mol. The molecule has 0 amide bonds. The summed E-state index contributed by atoms with van der Waals surface area (Å²) in [6.07, 6.45) is 5.54. The molecule has 0 aromatic carbocycles. The zero-order valence-corrected chi connectivity index (χ0v) is 9.31. The van der Waals surface area contributed by atoms with E-state index in [4.69, 9.17) is 0 Å². The molecule has 2 aliphatic carbocycles. The molecule has 1 heteroatoms. The zero-order valence-electron chi connectivity index (χ0n) is 9.31. The topological polar surface area (TPSA) is 17.1 Å². The van der Waals surface area contributed by atoms with E-state index in [-0.39, 0.29) is 0 Å². The van der Waals surface area contributed by atoms with Crippen LogP contribution in [0.2, 0.25) is 0 Å². The minimum Gasteiger partial charge on any atom is -0.295 e. The van der Waals surface area contributed by atoms with Crippen LogP contribution in [0, 0.1) is 17.3 Å². The second kappa shape index (κ2) is 3.22. The van der Waals surface area contributed by atoms with Crippen LogP contribution in [0.15, 0.2) is 12.2 Å². The largest absolute Gasteiger partial charge is 0.295 e. The quantitative estimate of drug-likeness (QED) is 0.582. The first-order valence-corrected chi connectivity index (χ1v) is 5.84. The van der Waals surface area contributed by atoms with E-state index in [1.807, 2.05) is 0 Å². The summed E-state index contributed by atoms with van der Waals surface area (Å²) in [6, 6.07) is 0. The Bertz CT molecular complexity index is 279. The molecule has 0 bridgehead atoms. The Kier molecular flexibility index (Phi) is 2.29. The predicted octanol–water partition coefficient (Wildman–Crippen LogP) is 3.35. The van der Waals surface area contributed by atoms with Crippen molar-refractivity contribution in [3.63, 3.8) is 0 Å². The van der Waals surface area contributed by atoms with E-state index in [0.29, 0.717) is 17.1 Å². The van der Waals surface area contributed by atoms with Gasteiger partial charge in [-0.3, -0.25) is 4.79 Å². The number of Topliss-reactive ketones (excluding diaryl/α,β-unsaturated/α-hetero) is 1. The lowest BCUT2D eigenvalue weighted by atomic mass is 9.61. The molecule has 2 aliphatic rings. The molecule has 0 aliphatic heterocycles. The number of rotatable bonds is 1. The van der Waals surface area contributed by atoms with Crippen molar-refractivity contribution < 1.29 is 4.79 Å². The number of ketones is 1. The van der Waals surface area contributed by atoms with E-state index in [9.17, 15) is 4.79 Å². The van der Waals surface area contributed by atoms with Crippen LogP contribution in [0.1, 0.15) is 46.0 Å². The van der Waals surface area contributed by atoms with Gasteiger partial charge in [-0.1, -0.05) is 20.4 Å². The zero-order chi connectivity index (χ0) is 10.3. The fraction of sp³-hybridized carbons (Fsp3) is 0.769. The van der Waals surface area contributed by atoms with E-state index >= 15 is 0 Å². The van der Waals surface area contributed by atoms with Gasteiger partial charge in [0.2, 0.25) is 0 Å². The highest BCUT2D eigenvalue weighted by Crippen LogP contribution is 2.57. The number of carbonyl (C=O) groups excluding carboxylic acids is 1. The average molecular weight is 192 g/mol. The molecule has 14 heavy (non-hydrogen) atoms. The third-order valence-electron chi connectivity index (χ3n) is 4.82. The Labute approximate surface area is 86.6 Å². The molecule has 1 nitrogen and oxygen atoms in total. The summed E-state index contributed by atoms with van der Waals surface area (Å²) in [6.45, 7) is 8.65. The van der Waals surface area contributed by atoms with Crippen LogP contribution < -0.4 is 0 Å². The fourth-order valence-corrected chi connectivity index (χ4v) is 3.75. The highest BCUT2D eigenvalue weighted by molar-refractivity contribution is 5.96. The van der Waals surface area contributed by atoms with Crippen LogP contribution in [0.25, 0.3) is 0 Å². The Morgan fingerprint density at radius 2 is 2.21 bits per heavy atom. The molecule has 0 aromatic heterocycles. The van der Waals surface area contributed by atoms with E-state index in [1.165, 1.54) is 19.3 Å². The minimum atomic E-state index is 0.327. The molecule has 3 atom stereocenters. The Hall–Kier alpha value is -0.590. The maximum absolute atomic E-state index is 11.6. The van der Waals surface area contributed by atoms with Crippen LogP contribution >= 0.6 is 0 Å². The van der Waals surface area contributed by atoms with Crippen LogP contribution in [0.4, 0.5) is 0 Å². The number of carbonyl (C=O) groups is 1. The van der Waals surface area contributed by atoms with Gasteiger partial charge < -0.3 is 0 Å². The molecule has 0 N–H and O–H groups in total. The van der Waals surface area contributed by atoms with E-state index in [1.54, 1.807) is 0 Å². The lowest BCUT2D eigenvalue weighted by Gasteiger charge is -2.42. The van der Waals surface area contributed by atoms with Gasteiger partial charge >= 0.3 is 0 Å². The van der Waals surface area contributed by atoms with Crippen molar-refractivity contribution in [2.75, 3.05) is 0 Å². The van der Waals surface area contributed by atoms with E-state index in [0.717, 1.165) is 24.3 Å². The fourth-order valence-electron chi connectivity index (χ4n) is 3.75. The van der Waals surface area contributed by atoms with Gasteiger partial charge in [0.1, 0.15) is 0 Å². The molecular formula is C13H20O. The molecule has 3 unspecified atom stereocenters. The maximum Gasteiger partial charge on any atom is 0.158 e. The van der Waals surface area contributed by atoms with Gasteiger partial charge in [0, 0.05) is 6.42 Å². The smallest absolute Gasteiger partial charge is 0.158 e. The van der Waals surface area contributed by atoms with Crippen molar-refractivity contribution in [1.29, 1.82) is 0 Å². The highest BCUT2D eigenvalue weighted by atomic mass is 16.1. The molecule has 0 heterocycles. The molecule has 0 saturated heterocycles. The summed E-state index contributed by atoms with van der Waals surface area (Å²) >= 11 is 0. The van der Waals surface area contributed by atoms with Gasteiger partial charge in [0.05, 0.1) is 0 Å². The number of fused-ring (bicyclic) bond motifs is 1. The van der Waals surface area contributed by atoms with Crippen LogP contribution in [0.3, 0.4) is 0 Å². The monoisotopic (exact) mass is 192 g/mol. The predicted molar refractivity (Wildman–Crippen MR) is 58.0 cm³/mol. The van der Waals surface area contributed by atoms with E-state index < -0.39 is 0 Å². The van der Waals surface area contributed by atoms with Crippen molar-refractivity contribution in [2.24, 2.45) is 17.3 Å². The Morgan fingerprint density at radius 1 is 1.50 bits per heavy atom. The Balaban J connectivity index is 2.34. The first-order chi connectivity index (χ1) is 6.62. The molecule has 0 radical (unpaired) electrons. The van der Waals surface area contributed by atoms with Crippen molar-refractivity contribution in [2.45, 2.75) is 46.0 Å². The number of allylic oxidation sites excluding steroid dienone is 1. The second-order valence-electron chi connectivity index (χ2n) is 5.07. The van der Waals surface area contributed by atoms with Gasteiger partial charge in [-0.25, -0.2) is 0 Å². The van der Waals surface area contributed by atoms with Crippen LogP contribution in [-0.2, 0) is 4.79 Å². The molecule has 2 saturated carbocycles. The summed E-state index contributed by atoms with van der Waals surface area (Å²) in [4.78, 5) is 11.6. The molecule has 2 rings (SSSR count). The third-order valence-corrected chi connectivity index (χ3v) is 4.82. The minimum absolute atomic E-state index is 0.327. The SMILES string of the molecule is C=C1C(=O)CCC2(CC)C(C)CCC12. The summed E-state index contributed by atoms with van der Waals surface area (Å²) in [5.41, 5.74) is 1.35. The summed E-state index contributed by atoms with van der Waals surface area (Å²) in [5, 5.41) is 0. The molecule has 0 spiro atoms. The third kappa shape index (κ3) is 1.11. The van der Waals surface area contributed by atoms with Gasteiger partial charge in [-0.05, 0) is 48.5 Å². The van der Waals surface area contributed by atoms with Crippen molar-refractivity contribution in [3.8, 4) is 0 Å². The van der Waals surface area contributed by atoms with Crippen molar-refractivity contribution in [1.82, 2.24) is 0 Å². The van der Waals surface area contributed by atoms with E-state index in [2.05, 4.69) is 20.4 Å². The first kappa shape index (κ1) is 9.95. The van der Waals surface area contributed by atoms with Gasteiger partial charge in [-0.15, -0.1) is 0 Å². The summed E-state index contributed by atoms with van der Waals surface area (Å²) < 4.78 is 0. The molecule has 78 valence electrons. The Morgan fingerprint density at radius 3 is 2.86 bits per heavy atom. The average Bonchev–Trinajstić information content (AvgIpc) is 2.52. The van der Waals surface area contributed by atoms with Crippen LogP contribution in [-0.4, -0.2) is 5.78 Å². The van der Waals surface area contributed by atoms with Crippen molar-refractivity contribution in [3.05, 3.63) is 12.2 Å². The van der Waals surface area contributed by atoms with Crippen LogP contribution in [0.5, 0.6) is 0 Å². The lowest BCUT2D eigenvalue weighted by molar-refractivity contribution is -0.119.